The van der Waals surface area contributed by atoms with Crippen LogP contribution < -0.4 is 10.6 Å². The number of furan rings is 1. The van der Waals surface area contributed by atoms with Gasteiger partial charge in [0.2, 0.25) is 17.6 Å². The fraction of sp³-hybridized carbons (Fsp3) is 0.562. The van der Waals surface area contributed by atoms with Crippen molar-refractivity contribution in [3.05, 3.63) is 24.3 Å². The Labute approximate surface area is 152 Å². The molecule has 1 fully saturated rings. The second kappa shape index (κ2) is 10.2. The molecule has 1 aliphatic heterocycles. The van der Waals surface area contributed by atoms with Crippen molar-refractivity contribution in [3.8, 4) is 11.6 Å². The van der Waals surface area contributed by atoms with Gasteiger partial charge < -0.3 is 24.5 Å². The summed E-state index contributed by atoms with van der Waals surface area (Å²) in [6.07, 6.45) is 3.29. The van der Waals surface area contributed by atoms with Gasteiger partial charge >= 0.3 is 0 Å². The monoisotopic (exact) mass is 369 g/mol. The number of aromatic nitrogens is 2. The molecule has 0 unspecified atom stereocenters. The first-order valence-electron chi connectivity index (χ1n) is 8.37. The van der Waals surface area contributed by atoms with Gasteiger partial charge in [0.15, 0.2) is 5.76 Å². The zero-order valence-corrected chi connectivity index (χ0v) is 14.9. The minimum atomic E-state index is 0. The van der Waals surface area contributed by atoms with Crippen molar-refractivity contribution in [2.45, 2.75) is 19.3 Å². The van der Waals surface area contributed by atoms with Gasteiger partial charge in [-0.25, -0.2) is 0 Å². The number of halogens is 1. The number of piperazine rings is 1. The number of carbonyl (C=O) groups excluding carboxylic acids is 1. The number of nitrogens with one attached hydrogen (secondary N) is 2. The molecule has 1 amide bonds. The van der Waals surface area contributed by atoms with E-state index in [1.807, 2.05) is 0 Å². The molecule has 3 heterocycles. The highest BCUT2D eigenvalue weighted by molar-refractivity contribution is 5.85. The van der Waals surface area contributed by atoms with Gasteiger partial charge in [0.25, 0.3) is 0 Å². The first-order valence-corrected chi connectivity index (χ1v) is 8.37. The molecule has 0 aromatic carbocycles. The third kappa shape index (κ3) is 6.15. The second-order valence-electron chi connectivity index (χ2n) is 5.78. The number of amides is 1. The van der Waals surface area contributed by atoms with E-state index in [1.54, 1.807) is 18.4 Å². The van der Waals surface area contributed by atoms with Crippen molar-refractivity contribution in [2.24, 2.45) is 0 Å². The quantitative estimate of drug-likeness (QED) is 0.672. The van der Waals surface area contributed by atoms with Gasteiger partial charge in [-0.05, 0) is 25.1 Å². The lowest BCUT2D eigenvalue weighted by Gasteiger charge is -2.27. The summed E-state index contributed by atoms with van der Waals surface area (Å²) in [7, 11) is 0. The molecule has 138 valence electrons. The molecule has 9 heteroatoms. The Morgan fingerprint density at radius 2 is 2.20 bits per heavy atom. The topological polar surface area (TPSA) is 96.4 Å². The molecule has 2 aromatic heterocycles. The van der Waals surface area contributed by atoms with Crippen LogP contribution in [0, 0.1) is 0 Å². The highest BCUT2D eigenvalue weighted by atomic mass is 35.5. The maximum Gasteiger partial charge on any atom is 0.238 e. The highest BCUT2D eigenvalue weighted by Crippen LogP contribution is 2.16. The number of rotatable bonds is 8. The van der Waals surface area contributed by atoms with Gasteiger partial charge in [-0.3, -0.25) is 4.79 Å². The summed E-state index contributed by atoms with van der Waals surface area (Å²) in [5.41, 5.74) is 0. The van der Waals surface area contributed by atoms with E-state index >= 15 is 0 Å². The van der Waals surface area contributed by atoms with Crippen molar-refractivity contribution in [2.75, 3.05) is 39.3 Å². The van der Waals surface area contributed by atoms with Gasteiger partial charge in [-0.15, -0.1) is 12.4 Å². The summed E-state index contributed by atoms with van der Waals surface area (Å²) in [6.45, 7) is 6.00. The van der Waals surface area contributed by atoms with E-state index in [2.05, 4.69) is 25.7 Å². The smallest absolute Gasteiger partial charge is 0.238 e. The second-order valence-corrected chi connectivity index (χ2v) is 5.78. The van der Waals surface area contributed by atoms with Crippen molar-refractivity contribution in [3.63, 3.8) is 0 Å². The standard InChI is InChI=1S/C16H23N5O3.ClH/c22-14(18-6-2-9-21-10-7-17-8-11-21)4-5-15-19-16(20-24-15)13-3-1-12-23-13;/h1,3,12,17H,2,4-11H2,(H,18,22);1H. The molecular weight excluding hydrogens is 346 g/mol. The number of hydrogen-bond acceptors (Lipinski definition) is 7. The van der Waals surface area contributed by atoms with E-state index in [0.29, 0.717) is 36.9 Å². The molecule has 1 saturated heterocycles. The number of nitrogens with zero attached hydrogens (tertiary/aromatic N) is 3. The van der Waals surface area contributed by atoms with Gasteiger partial charge in [0, 0.05) is 45.6 Å². The first kappa shape index (κ1) is 19.4. The molecule has 25 heavy (non-hydrogen) atoms. The van der Waals surface area contributed by atoms with E-state index in [0.717, 1.165) is 39.1 Å². The zero-order valence-electron chi connectivity index (χ0n) is 14.1. The fourth-order valence-corrected chi connectivity index (χ4v) is 2.64. The van der Waals surface area contributed by atoms with Crippen LogP contribution in [0.3, 0.4) is 0 Å². The van der Waals surface area contributed by atoms with E-state index in [4.69, 9.17) is 8.94 Å². The van der Waals surface area contributed by atoms with Crippen molar-refractivity contribution in [1.82, 2.24) is 25.7 Å². The Balaban J connectivity index is 0.00000225. The average molecular weight is 370 g/mol. The Morgan fingerprint density at radius 1 is 1.36 bits per heavy atom. The molecule has 0 radical (unpaired) electrons. The van der Waals surface area contributed by atoms with Crippen LogP contribution in [0.4, 0.5) is 0 Å². The van der Waals surface area contributed by atoms with Crippen LogP contribution in [0.1, 0.15) is 18.7 Å². The first-order chi connectivity index (χ1) is 11.8. The average Bonchev–Trinajstić information content (AvgIpc) is 3.29. The lowest BCUT2D eigenvalue weighted by Crippen LogP contribution is -2.44. The SMILES string of the molecule is Cl.O=C(CCc1nc(-c2ccco2)no1)NCCCN1CCNCC1. The van der Waals surface area contributed by atoms with Crippen LogP contribution >= 0.6 is 12.4 Å². The fourth-order valence-electron chi connectivity index (χ4n) is 2.64. The molecule has 3 rings (SSSR count). The summed E-state index contributed by atoms with van der Waals surface area (Å²) in [6, 6.07) is 3.53. The lowest BCUT2D eigenvalue weighted by atomic mass is 10.2. The maximum absolute atomic E-state index is 11.9. The van der Waals surface area contributed by atoms with Gasteiger partial charge in [0.05, 0.1) is 6.26 Å². The normalized spacial score (nSPS) is 14.9. The molecule has 1 aliphatic rings. The maximum atomic E-state index is 11.9. The third-order valence-electron chi connectivity index (χ3n) is 3.96. The van der Waals surface area contributed by atoms with Crippen LogP contribution in [-0.4, -0.2) is 60.2 Å². The minimum absolute atomic E-state index is 0. The van der Waals surface area contributed by atoms with E-state index in [-0.39, 0.29) is 18.3 Å². The van der Waals surface area contributed by atoms with Crippen LogP contribution in [0.2, 0.25) is 0 Å². The van der Waals surface area contributed by atoms with Crippen LogP contribution in [0.15, 0.2) is 27.3 Å². The number of hydrogen-bond donors (Lipinski definition) is 2. The van der Waals surface area contributed by atoms with Crippen LogP contribution in [0.25, 0.3) is 11.6 Å². The lowest BCUT2D eigenvalue weighted by molar-refractivity contribution is -0.121. The molecule has 2 N–H and O–H groups in total. The molecule has 2 aromatic rings. The Kier molecular flexibility index (Phi) is 7.90. The summed E-state index contributed by atoms with van der Waals surface area (Å²) >= 11 is 0. The number of aryl methyl sites for hydroxylation is 1. The van der Waals surface area contributed by atoms with Gasteiger partial charge in [0.1, 0.15) is 0 Å². The largest absolute Gasteiger partial charge is 0.461 e. The Morgan fingerprint density at radius 3 is 2.96 bits per heavy atom. The molecule has 0 aliphatic carbocycles. The van der Waals surface area contributed by atoms with E-state index in [1.165, 1.54) is 0 Å². The Hall–Kier alpha value is -1.90. The predicted molar refractivity (Wildman–Crippen MR) is 94.5 cm³/mol. The molecule has 0 atom stereocenters. The predicted octanol–water partition coefficient (Wildman–Crippen LogP) is 1.10. The van der Waals surface area contributed by atoms with Crippen molar-refractivity contribution in [1.29, 1.82) is 0 Å². The molecule has 0 bridgehead atoms. The highest BCUT2D eigenvalue weighted by Gasteiger charge is 2.12. The van der Waals surface area contributed by atoms with Crippen molar-refractivity contribution >= 4 is 18.3 Å². The summed E-state index contributed by atoms with van der Waals surface area (Å²) in [5, 5.41) is 10.1. The number of carbonyl (C=O) groups is 1. The summed E-state index contributed by atoms with van der Waals surface area (Å²) in [4.78, 5) is 18.5. The minimum Gasteiger partial charge on any atom is -0.461 e. The van der Waals surface area contributed by atoms with E-state index in [9.17, 15) is 4.79 Å². The third-order valence-corrected chi connectivity index (χ3v) is 3.96. The van der Waals surface area contributed by atoms with Crippen LogP contribution in [-0.2, 0) is 11.2 Å². The summed E-state index contributed by atoms with van der Waals surface area (Å²) < 4.78 is 10.3. The summed E-state index contributed by atoms with van der Waals surface area (Å²) in [5.74, 6) is 1.42. The van der Waals surface area contributed by atoms with E-state index < -0.39 is 0 Å². The molecule has 8 nitrogen and oxygen atoms in total. The van der Waals surface area contributed by atoms with Gasteiger partial charge in [-0.1, -0.05) is 5.16 Å². The molecular formula is C16H24ClN5O3. The van der Waals surface area contributed by atoms with Gasteiger partial charge in [-0.2, -0.15) is 4.98 Å². The Bertz CT molecular complexity index is 626. The van der Waals surface area contributed by atoms with Crippen LogP contribution in [0.5, 0.6) is 0 Å². The van der Waals surface area contributed by atoms with Crippen molar-refractivity contribution < 1.29 is 13.7 Å². The molecule has 0 saturated carbocycles. The zero-order chi connectivity index (χ0) is 16.6. The molecule has 0 spiro atoms.